The molecule has 3 aliphatic carbocycles. The van der Waals surface area contributed by atoms with Crippen molar-refractivity contribution >= 4 is 39.0 Å². The summed E-state index contributed by atoms with van der Waals surface area (Å²) in [5, 5.41) is 2.29. The van der Waals surface area contributed by atoms with E-state index in [0.29, 0.717) is 0 Å². The molecule has 1 heterocycles. The topological polar surface area (TPSA) is 16.4 Å². The summed E-state index contributed by atoms with van der Waals surface area (Å²) in [5.41, 5.74) is 23.6. The molecule has 2 nitrogen and oxygen atoms in total. The molecular formula is C63H57NO. The van der Waals surface area contributed by atoms with Crippen molar-refractivity contribution in [2.75, 3.05) is 4.90 Å². The highest BCUT2D eigenvalue weighted by molar-refractivity contribution is 6.06. The van der Waals surface area contributed by atoms with Gasteiger partial charge in [0.05, 0.1) is 0 Å². The van der Waals surface area contributed by atoms with Crippen LogP contribution in [0.2, 0.25) is 0 Å². The van der Waals surface area contributed by atoms with Gasteiger partial charge >= 0.3 is 0 Å². The van der Waals surface area contributed by atoms with E-state index in [1.54, 1.807) is 0 Å². The molecule has 1 aromatic heterocycles. The van der Waals surface area contributed by atoms with Crippen molar-refractivity contribution in [1.29, 1.82) is 0 Å². The Labute approximate surface area is 384 Å². The van der Waals surface area contributed by atoms with E-state index in [1.165, 1.54) is 66.8 Å². The van der Waals surface area contributed by atoms with Crippen LogP contribution in [0.4, 0.5) is 17.1 Å². The zero-order valence-corrected chi connectivity index (χ0v) is 39.4. The standard InChI is InChI=1S/C63H57NO/c1-59(2)50-20-14-11-17-44(50)45-31-29-42(36-53(45)59)64(41-27-23-38(24-28-41)39-25-30-47-46-18-13-16-22-56(46)65-57(47)34-39)43-35-49(58-48-19-12-15-21-51(48)60(3,4)55(58)37-43)40-26-32-52-54(33-40)62(7,8)63(9,10)61(52,5)6/h11-37H,1-10H3. The molecule has 0 saturated carbocycles. The van der Waals surface area contributed by atoms with Gasteiger partial charge in [0.2, 0.25) is 0 Å². The maximum atomic E-state index is 6.34. The Morgan fingerprint density at radius 3 is 1.68 bits per heavy atom. The summed E-state index contributed by atoms with van der Waals surface area (Å²) in [4.78, 5) is 2.51. The zero-order chi connectivity index (χ0) is 45.0. The summed E-state index contributed by atoms with van der Waals surface area (Å²) in [5.74, 6) is 0. The van der Waals surface area contributed by atoms with E-state index in [4.69, 9.17) is 4.42 Å². The van der Waals surface area contributed by atoms with Gasteiger partial charge in [0.1, 0.15) is 11.2 Å². The van der Waals surface area contributed by atoms with Crippen LogP contribution in [0.3, 0.4) is 0 Å². The van der Waals surface area contributed by atoms with Crippen LogP contribution in [0.1, 0.15) is 103 Å². The Balaban J connectivity index is 1.07. The second-order valence-electron chi connectivity index (χ2n) is 21.8. The second-order valence-corrected chi connectivity index (χ2v) is 21.8. The quantitative estimate of drug-likeness (QED) is 0.172. The van der Waals surface area contributed by atoms with Gasteiger partial charge in [-0.2, -0.15) is 0 Å². The molecule has 0 saturated heterocycles. The summed E-state index contributed by atoms with van der Waals surface area (Å²) < 4.78 is 6.34. The molecule has 9 aromatic rings. The average Bonchev–Trinajstić information content (AvgIpc) is 3.90. The predicted molar refractivity (Wildman–Crippen MR) is 274 cm³/mol. The van der Waals surface area contributed by atoms with Crippen LogP contribution in [0, 0.1) is 5.41 Å². The third-order valence-corrected chi connectivity index (χ3v) is 17.4. The van der Waals surface area contributed by atoms with E-state index in [9.17, 15) is 0 Å². The van der Waals surface area contributed by atoms with E-state index < -0.39 is 0 Å². The smallest absolute Gasteiger partial charge is 0.136 e. The first kappa shape index (κ1) is 39.9. The fourth-order valence-corrected chi connectivity index (χ4v) is 12.4. The van der Waals surface area contributed by atoms with Crippen LogP contribution in [-0.2, 0) is 21.7 Å². The number of furan rings is 1. The van der Waals surface area contributed by atoms with Crippen LogP contribution in [0.25, 0.3) is 66.4 Å². The van der Waals surface area contributed by atoms with Crippen molar-refractivity contribution < 1.29 is 4.42 Å². The lowest BCUT2D eigenvalue weighted by Crippen LogP contribution is -2.42. The summed E-state index contributed by atoms with van der Waals surface area (Å²) in [6.45, 7) is 24.3. The van der Waals surface area contributed by atoms with E-state index in [1.807, 2.05) is 12.1 Å². The minimum absolute atomic E-state index is 0.0165. The molecular weight excluding hydrogens is 787 g/mol. The van der Waals surface area contributed by atoms with Gasteiger partial charge < -0.3 is 9.32 Å². The first-order valence-electron chi connectivity index (χ1n) is 23.5. The molecule has 0 aliphatic heterocycles. The largest absolute Gasteiger partial charge is 0.456 e. The minimum Gasteiger partial charge on any atom is -0.456 e. The molecule has 320 valence electrons. The Kier molecular flexibility index (Phi) is 8.12. The molecule has 0 N–H and O–H groups in total. The number of benzene rings is 8. The number of rotatable bonds is 5. The molecule has 12 rings (SSSR count). The molecule has 0 atom stereocenters. The van der Waals surface area contributed by atoms with E-state index >= 15 is 0 Å². The van der Waals surface area contributed by atoms with Crippen molar-refractivity contribution in [3.05, 3.63) is 197 Å². The molecule has 2 heteroatoms. The third kappa shape index (κ3) is 5.34. The highest BCUT2D eigenvalue weighted by atomic mass is 16.3. The lowest BCUT2D eigenvalue weighted by atomic mass is 9.59. The maximum absolute atomic E-state index is 6.34. The number of anilines is 3. The van der Waals surface area contributed by atoms with Gasteiger partial charge in [0.25, 0.3) is 0 Å². The van der Waals surface area contributed by atoms with Gasteiger partial charge in [0, 0.05) is 38.7 Å². The van der Waals surface area contributed by atoms with E-state index in [2.05, 4.69) is 226 Å². The molecule has 0 unspecified atom stereocenters. The molecule has 0 spiro atoms. The van der Waals surface area contributed by atoms with Crippen LogP contribution in [-0.4, -0.2) is 0 Å². The van der Waals surface area contributed by atoms with Crippen molar-refractivity contribution in [1.82, 2.24) is 0 Å². The highest BCUT2D eigenvalue weighted by Gasteiger charge is 2.56. The lowest BCUT2D eigenvalue weighted by Gasteiger charge is -2.44. The van der Waals surface area contributed by atoms with Gasteiger partial charge in [-0.25, -0.2) is 0 Å². The van der Waals surface area contributed by atoms with Crippen molar-refractivity contribution in [2.45, 2.75) is 90.9 Å². The van der Waals surface area contributed by atoms with Crippen LogP contribution in [0.15, 0.2) is 168 Å². The second kappa shape index (κ2) is 13.2. The minimum atomic E-state index is -0.205. The van der Waals surface area contributed by atoms with E-state index in [-0.39, 0.29) is 27.1 Å². The SMILES string of the molecule is CC1(C)c2ccccc2-c2ccc(N(c3ccc(-c4ccc5c(c4)oc4ccccc45)cc3)c3cc(-c4ccc5c(c4)C(C)(C)C(C)(C)C5(C)C)c4c(c3)C(C)(C)c3ccccc3-4)cc21. The van der Waals surface area contributed by atoms with Gasteiger partial charge in [0.15, 0.2) is 0 Å². The van der Waals surface area contributed by atoms with Crippen molar-refractivity contribution in [3.63, 3.8) is 0 Å². The number of nitrogens with zero attached hydrogens (tertiary/aromatic N) is 1. The van der Waals surface area contributed by atoms with Crippen LogP contribution >= 0.6 is 0 Å². The molecule has 65 heavy (non-hydrogen) atoms. The first-order chi connectivity index (χ1) is 31.0. The van der Waals surface area contributed by atoms with Crippen LogP contribution in [0.5, 0.6) is 0 Å². The number of hydrogen-bond acceptors (Lipinski definition) is 2. The maximum Gasteiger partial charge on any atom is 0.136 e. The van der Waals surface area contributed by atoms with Crippen LogP contribution < -0.4 is 4.90 Å². The number of para-hydroxylation sites is 1. The Hall–Kier alpha value is -6.64. The summed E-state index contributed by atoms with van der Waals surface area (Å²) >= 11 is 0. The molecule has 0 radical (unpaired) electrons. The van der Waals surface area contributed by atoms with Crippen molar-refractivity contribution in [2.24, 2.45) is 5.41 Å². The summed E-state index contributed by atoms with van der Waals surface area (Å²) in [6.07, 6.45) is 0. The first-order valence-corrected chi connectivity index (χ1v) is 23.5. The molecule has 0 amide bonds. The number of hydrogen-bond donors (Lipinski definition) is 0. The summed E-state index contributed by atoms with van der Waals surface area (Å²) in [7, 11) is 0. The Morgan fingerprint density at radius 2 is 0.908 bits per heavy atom. The predicted octanol–water partition coefficient (Wildman–Crippen LogP) is 17.6. The highest BCUT2D eigenvalue weighted by Crippen LogP contribution is 2.63. The average molecular weight is 844 g/mol. The fraction of sp³-hybridized carbons (Fsp3) is 0.238. The normalized spacial score (nSPS) is 17.4. The Morgan fingerprint density at radius 1 is 0.338 bits per heavy atom. The number of fused-ring (bicyclic) bond motifs is 10. The van der Waals surface area contributed by atoms with E-state index in [0.717, 1.165) is 50.1 Å². The molecule has 0 fully saturated rings. The lowest BCUT2D eigenvalue weighted by molar-refractivity contribution is 0.125. The van der Waals surface area contributed by atoms with Crippen molar-refractivity contribution in [3.8, 4) is 44.5 Å². The third-order valence-electron chi connectivity index (χ3n) is 17.4. The molecule has 0 bridgehead atoms. The van der Waals surface area contributed by atoms with Gasteiger partial charge in [-0.05, 0) is 149 Å². The summed E-state index contributed by atoms with van der Waals surface area (Å²) in [6, 6.07) is 61.7. The molecule has 3 aliphatic rings. The van der Waals surface area contributed by atoms with Gasteiger partial charge in [-0.1, -0.05) is 178 Å². The zero-order valence-electron chi connectivity index (χ0n) is 39.4. The fourth-order valence-electron chi connectivity index (χ4n) is 12.4. The Bertz CT molecular complexity index is 3460. The molecule has 8 aromatic carbocycles. The van der Waals surface area contributed by atoms with Gasteiger partial charge in [-0.15, -0.1) is 0 Å². The van der Waals surface area contributed by atoms with Gasteiger partial charge in [-0.3, -0.25) is 0 Å². The monoisotopic (exact) mass is 843 g/mol.